The molecule has 0 aliphatic heterocycles. The number of para-hydroxylation sites is 1. The fourth-order valence-electron chi connectivity index (χ4n) is 3.57. The summed E-state index contributed by atoms with van der Waals surface area (Å²) in [6.45, 7) is 0.290. The zero-order valence-corrected chi connectivity index (χ0v) is 19.8. The maximum Gasteiger partial charge on any atom is 0.196 e. The Balaban J connectivity index is 1.43. The second-order valence-corrected chi connectivity index (χ2v) is 9.15. The van der Waals surface area contributed by atoms with E-state index in [1.807, 2.05) is 71.3 Å². The summed E-state index contributed by atoms with van der Waals surface area (Å²) in [6, 6.07) is 29.8. The molecule has 0 saturated carbocycles. The lowest BCUT2D eigenvalue weighted by molar-refractivity contribution is 0.296. The third kappa shape index (κ3) is 4.86. The van der Waals surface area contributed by atoms with Gasteiger partial charge in [-0.15, -0.1) is 10.2 Å². The summed E-state index contributed by atoms with van der Waals surface area (Å²) in [6.07, 6.45) is 0. The standard InChI is InChI=1S/C26H19Cl2N3OS/c27-20-14-13-19(23(28)15-20)17-33-26-30-29-25(31(26)21-9-2-1-3-10-21)16-32-24-12-6-8-18-7-4-5-11-22(18)24/h1-15H,16-17H2. The fraction of sp³-hybridized carbons (Fsp3) is 0.0769. The predicted molar refractivity (Wildman–Crippen MR) is 136 cm³/mol. The van der Waals surface area contributed by atoms with E-state index in [2.05, 4.69) is 28.4 Å². The summed E-state index contributed by atoms with van der Waals surface area (Å²) in [4.78, 5) is 0. The number of rotatable bonds is 7. The summed E-state index contributed by atoms with van der Waals surface area (Å²) in [7, 11) is 0. The largest absolute Gasteiger partial charge is 0.485 e. The number of ether oxygens (including phenoxy) is 1. The van der Waals surface area contributed by atoms with E-state index >= 15 is 0 Å². The molecule has 0 radical (unpaired) electrons. The number of fused-ring (bicyclic) bond motifs is 1. The lowest BCUT2D eigenvalue weighted by Crippen LogP contribution is -2.06. The summed E-state index contributed by atoms with van der Waals surface area (Å²) in [5, 5.41) is 13.1. The second kappa shape index (κ2) is 9.87. The second-order valence-electron chi connectivity index (χ2n) is 7.36. The molecule has 0 aliphatic carbocycles. The number of hydrogen-bond donors (Lipinski definition) is 0. The van der Waals surface area contributed by atoms with Gasteiger partial charge in [0.15, 0.2) is 11.0 Å². The van der Waals surface area contributed by atoms with E-state index in [9.17, 15) is 0 Å². The van der Waals surface area contributed by atoms with Crippen molar-refractivity contribution in [2.45, 2.75) is 17.5 Å². The molecule has 7 heteroatoms. The van der Waals surface area contributed by atoms with E-state index < -0.39 is 0 Å². The number of benzene rings is 4. The van der Waals surface area contributed by atoms with Crippen LogP contribution in [0, 0.1) is 0 Å². The molecule has 1 heterocycles. The fourth-order valence-corrected chi connectivity index (χ4v) is 5.10. The number of hydrogen-bond acceptors (Lipinski definition) is 4. The molecule has 5 rings (SSSR count). The lowest BCUT2D eigenvalue weighted by Gasteiger charge is -2.12. The average molecular weight is 492 g/mol. The van der Waals surface area contributed by atoms with E-state index in [0.29, 0.717) is 15.8 Å². The highest BCUT2D eigenvalue weighted by Crippen LogP contribution is 2.31. The van der Waals surface area contributed by atoms with Crippen molar-refractivity contribution in [3.05, 3.63) is 112 Å². The maximum absolute atomic E-state index is 6.36. The Hall–Kier alpha value is -2.99. The van der Waals surface area contributed by atoms with Crippen molar-refractivity contribution in [2.24, 2.45) is 0 Å². The Kier molecular flexibility index (Phi) is 6.53. The van der Waals surface area contributed by atoms with Crippen LogP contribution in [0.3, 0.4) is 0 Å². The first-order valence-corrected chi connectivity index (χ1v) is 12.1. The highest BCUT2D eigenvalue weighted by atomic mass is 35.5. The quantitative estimate of drug-likeness (QED) is 0.219. The van der Waals surface area contributed by atoms with Crippen molar-refractivity contribution >= 4 is 45.7 Å². The third-order valence-corrected chi connectivity index (χ3v) is 6.76. The van der Waals surface area contributed by atoms with Crippen molar-refractivity contribution in [3.8, 4) is 11.4 Å². The monoisotopic (exact) mass is 491 g/mol. The Morgan fingerprint density at radius 3 is 2.45 bits per heavy atom. The van der Waals surface area contributed by atoms with Crippen LogP contribution in [0.5, 0.6) is 5.75 Å². The van der Waals surface area contributed by atoms with Gasteiger partial charge in [0.05, 0.1) is 0 Å². The molecule has 5 aromatic rings. The molecule has 1 aromatic heterocycles. The number of nitrogens with zero attached hydrogens (tertiary/aromatic N) is 3. The van der Waals surface area contributed by atoms with Gasteiger partial charge in [0.25, 0.3) is 0 Å². The van der Waals surface area contributed by atoms with Crippen LogP contribution < -0.4 is 4.74 Å². The van der Waals surface area contributed by atoms with Gasteiger partial charge in [-0.1, -0.05) is 95.6 Å². The summed E-state index contributed by atoms with van der Waals surface area (Å²) < 4.78 is 8.23. The summed E-state index contributed by atoms with van der Waals surface area (Å²) in [5.74, 6) is 2.18. The van der Waals surface area contributed by atoms with Crippen molar-refractivity contribution in [3.63, 3.8) is 0 Å². The maximum atomic E-state index is 6.36. The lowest BCUT2D eigenvalue weighted by atomic mass is 10.1. The van der Waals surface area contributed by atoms with Crippen molar-refractivity contribution < 1.29 is 4.74 Å². The van der Waals surface area contributed by atoms with Gasteiger partial charge in [-0.2, -0.15) is 0 Å². The van der Waals surface area contributed by atoms with Crippen molar-refractivity contribution in [1.29, 1.82) is 0 Å². The van der Waals surface area contributed by atoms with Gasteiger partial charge in [-0.25, -0.2) is 0 Å². The molecule has 0 spiro atoms. The van der Waals surface area contributed by atoms with Crippen LogP contribution in [0.2, 0.25) is 10.0 Å². The molecular weight excluding hydrogens is 473 g/mol. The van der Waals surface area contributed by atoms with E-state index in [1.54, 1.807) is 17.8 Å². The molecule has 0 atom stereocenters. The van der Waals surface area contributed by atoms with E-state index in [-0.39, 0.29) is 6.61 Å². The first-order valence-electron chi connectivity index (χ1n) is 10.4. The highest BCUT2D eigenvalue weighted by Gasteiger charge is 2.16. The predicted octanol–water partition coefficient (Wildman–Crippen LogP) is 7.60. The zero-order chi connectivity index (χ0) is 22.6. The van der Waals surface area contributed by atoms with Crippen LogP contribution in [0.1, 0.15) is 11.4 Å². The molecule has 0 N–H and O–H groups in total. The van der Waals surface area contributed by atoms with Crippen LogP contribution in [-0.2, 0) is 12.4 Å². The van der Waals surface area contributed by atoms with Crippen LogP contribution in [-0.4, -0.2) is 14.8 Å². The van der Waals surface area contributed by atoms with Crippen LogP contribution >= 0.6 is 35.0 Å². The molecule has 0 saturated heterocycles. The van der Waals surface area contributed by atoms with E-state index in [4.69, 9.17) is 27.9 Å². The van der Waals surface area contributed by atoms with Gasteiger partial charge in [-0.3, -0.25) is 4.57 Å². The molecular formula is C26H19Cl2N3OS. The Bertz CT molecular complexity index is 1400. The smallest absolute Gasteiger partial charge is 0.196 e. The first kappa shape index (κ1) is 21.8. The summed E-state index contributed by atoms with van der Waals surface area (Å²) in [5.41, 5.74) is 1.96. The molecule has 0 amide bonds. The van der Waals surface area contributed by atoms with Crippen LogP contribution in [0.25, 0.3) is 16.5 Å². The topological polar surface area (TPSA) is 39.9 Å². The van der Waals surface area contributed by atoms with E-state index in [1.165, 1.54) is 0 Å². The van der Waals surface area contributed by atoms with Gasteiger partial charge in [-0.05, 0) is 41.3 Å². The minimum absolute atomic E-state index is 0.290. The van der Waals surface area contributed by atoms with Crippen LogP contribution in [0.15, 0.2) is 96.2 Å². The molecule has 33 heavy (non-hydrogen) atoms. The Morgan fingerprint density at radius 1 is 0.818 bits per heavy atom. The van der Waals surface area contributed by atoms with Gasteiger partial charge in [0.2, 0.25) is 0 Å². The Labute approximate surface area is 206 Å². The van der Waals surface area contributed by atoms with Crippen LogP contribution in [0.4, 0.5) is 0 Å². The molecule has 0 fully saturated rings. The molecule has 4 aromatic carbocycles. The number of thioether (sulfide) groups is 1. The van der Waals surface area contributed by atoms with E-state index in [0.717, 1.165) is 38.8 Å². The third-order valence-electron chi connectivity index (χ3n) is 5.19. The van der Waals surface area contributed by atoms with Gasteiger partial charge in [0, 0.05) is 26.9 Å². The number of halogens is 2. The summed E-state index contributed by atoms with van der Waals surface area (Å²) >= 11 is 14.0. The first-order chi connectivity index (χ1) is 16.2. The van der Waals surface area contributed by atoms with Crippen molar-refractivity contribution in [2.75, 3.05) is 0 Å². The molecule has 0 bridgehead atoms. The SMILES string of the molecule is Clc1ccc(CSc2nnc(COc3cccc4ccccc34)n2-c2ccccc2)c(Cl)c1. The van der Waals surface area contributed by atoms with Gasteiger partial charge in [0.1, 0.15) is 12.4 Å². The Morgan fingerprint density at radius 2 is 1.61 bits per heavy atom. The minimum Gasteiger partial charge on any atom is -0.485 e. The molecule has 0 unspecified atom stereocenters. The minimum atomic E-state index is 0.290. The normalized spacial score (nSPS) is 11.1. The van der Waals surface area contributed by atoms with Gasteiger partial charge >= 0.3 is 0 Å². The molecule has 4 nitrogen and oxygen atoms in total. The average Bonchev–Trinajstić information content (AvgIpc) is 3.25. The van der Waals surface area contributed by atoms with Gasteiger partial charge < -0.3 is 4.74 Å². The zero-order valence-electron chi connectivity index (χ0n) is 17.5. The highest BCUT2D eigenvalue weighted by molar-refractivity contribution is 7.98. The molecule has 164 valence electrons. The molecule has 0 aliphatic rings. The van der Waals surface area contributed by atoms with Crippen molar-refractivity contribution in [1.82, 2.24) is 14.8 Å². The number of aromatic nitrogens is 3.